The van der Waals surface area contributed by atoms with E-state index in [9.17, 15) is 14.7 Å². The van der Waals surface area contributed by atoms with Gasteiger partial charge in [0.05, 0.1) is 31.3 Å². The molecular weight excluding hydrogens is 330 g/mol. The Kier molecular flexibility index (Phi) is 4.80. The number of ether oxygens (including phenoxy) is 1. The van der Waals surface area contributed by atoms with Crippen LogP contribution in [-0.2, 0) is 20.9 Å². The number of esters is 1. The van der Waals surface area contributed by atoms with Crippen LogP contribution in [0.15, 0.2) is 48.0 Å². The highest BCUT2D eigenvalue weighted by Gasteiger charge is 2.31. The van der Waals surface area contributed by atoms with Crippen molar-refractivity contribution in [3.05, 3.63) is 70.3 Å². The van der Waals surface area contributed by atoms with E-state index in [0.29, 0.717) is 17.8 Å². The van der Waals surface area contributed by atoms with Crippen molar-refractivity contribution in [2.75, 3.05) is 12.0 Å². The molecule has 0 aromatic heterocycles. The van der Waals surface area contributed by atoms with E-state index in [2.05, 4.69) is 0 Å². The minimum atomic E-state index is -0.695. The van der Waals surface area contributed by atoms with Gasteiger partial charge < -0.3 is 14.7 Å². The highest BCUT2D eigenvalue weighted by atomic mass is 16.5. The highest BCUT2D eigenvalue weighted by Crippen LogP contribution is 2.34. The number of aryl methyl sites for hydroxylation is 1. The fourth-order valence-electron chi connectivity index (χ4n) is 3.16. The molecule has 1 aliphatic rings. The molecular formula is C21H21NO4. The Labute approximate surface area is 152 Å². The van der Waals surface area contributed by atoms with Crippen molar-refractivity contribution in [2.45, 2.75) is 26.8 Å². The second kappa shape index (κ2) is 7.04. The number of hydrogen-bond donors (Lipinski definition) is 1. The molecule has 5 nitrogen and oxygen atoms in total. The van der Waals surface area contributed by atoms with E-state index in [-0.39, 0.29) is 23.7 Å². The average Bonchev–Trinajstić information content (AvgIpc) is 2.75. The Hall–Kier alpha value is -3.08. The zero-order valence-corrected chi connectivity index (χ0v) is 15.1. The molecule has 0 unspecified atom stereocenters. The Morgan fingerprint density at radius 3 is 2.62 bits per heavy atom. The van der Waals surface area contributed by atoms with Crippen LogP contribution >= 0.6 is 0 Å². The van der Waals surface area contributed by atoms with Crippen molar-refractivity contribution in [1.82, 2.24) is 0 Å². The van der Waals surface area contributed by atoms with Crippen LogP contribution in [0.4, 0.5) is 5.69 Å². The third-order valence-corrected chi connectivity index (χ3v) is 4.84. The summed E-state index contributed by atoms with van der Waals surface area (Å²) in [5, 5.41) is 10.6. The second-order valence-electron chi connectivity index (χ2n) is 6.35. The summed E-state index contributed by atoms with van der Waals surface area (Å²) in [5.41, 5.74) is 4.29. The van der Waals surface area contributed by atoms with Gasteiger partial charge in [-0.05, 0) is 42.7 Å². The van der Waals surface area contributed by atoms with Crippen molar-refractivity contribution in [3.8, 4) is 0 Å². The topological polar surface area (TPSA) is 66.8 Å². The van der Waals surface area contributed by atoms with Gasteiger partial charge in [0.2, 0.25) is 5.91 Å². The van der Waals surface area contributed by atoms with Crippen LogP contribution in [0.5, 0.6) is 0 Å². The monoisotopic (exact) mass is 351 g/mol. The normalized spacial score (nSPS) is 14.1. The molecule has 0 bridgehead atoms. The first-order chi connectivity index (χ1) is 12.4. The van der Waals surface area contributed by atoms with E-state index < -0.39 is 5.97 Å². The molecule has 5 heteroatoms. The number of aliphatic hydroxyl groups excluding tert-OH is 1. The van der Waals surface area contributed by atoms with E-state index in [0.717, 1.165) is 16.7 Å². The number of para-hydroxylation sites is 1. The number of hydrogen-bond acceptors (Lipinski definition) is 4. The molecule has 3 rings (SSSR count). The van der Waals surface area contributed by atoms with Crippen molar-refractivity contribution in [2.24, 2.45) is 0 Å². The lowest BCUT2D eigenvalue weighted by Crippen LogP contribution is -2.31. The molecule has 1 heterocycles. The van der Waals surface area contributed by atoms with Gasteiger partial charge in [0.1, 0.15) is 5.76 Å². The summed E-state index contributed by atoms with van der Waals surface area (Å²) in [6.45, 7) is 4.42. The average molecular weight is 351 g/mol. The largest absolute Gasteiger partial charge is 0.507 e. The van der Waals surface area contributed by atoms with Crippen molar-refractivity contribution >= 4 is 23.3 Å². The van der Waals surface area contributed by atoms with E-state index in [1.807, 2.05) is 32.0 Å². The summed E-state index contributed by atoms with van der Waals surface area (Å²) in [4.78, 5) is 26.6. The van der Waals surface area contributed by atoms with Crippen LogP contribution < -0.4 is 4.90 Å². The minimum absolute atomic E-state index is 0.0200. The maximum Gasteiger partial charge on any atom is 0.338 e. The van der Waals surface area contributed by atoms with Crippen LogP contribution in [0.1, 0.15) is 28.7 Å². The standard InChI is InChI=1S/C21H21NO4/c1-13-7-6-8-15(14(13)2)12-22-18-10-5-4-9-16(18)20(24)17(11-19(22)23)21(25)26-3/h4-10,24H,11-12H2,1-3H3. The van der Waals surface area contributed by atoms with E-state index in [4.69, 9.17) is 4.74 Å². The number of aliphatic hydroxyl groups is 1. The van der Waals surface area contributed by atoms with Crippen LogP contribution in [0, 0.1) is 13.8 Å². The number of rotatable bonds is 3. The van der Waals surface area contributed by atoms with Gasteiger partial charge in [0, 0.05) is 5.56 Å². The predicted molar refractivity (Wildman–Crippen MR) is 99.7 cm³/mol. The van der Waals surface area contributed by atoms with Gasteiger partial charge >= 0.3 is 5.97 Å². The van der Waals surface area contributed by atoms with Crippen LogP contribution in [-0.4, -0.2) is 24.1 Å². The first-order valence-corrected chi connectivity index (χ1v) is 8.39. The van der Waals surface area contributed by atoms with Crippen molar-refractivity contribution in [1.29, 1.82) is 0 Å². The van der Waals surface area contributed by atoms with Crippen LogP contribution in [0.3, 0.4) is 0 Å². The van der Waals surface area contributed by atoms with E-state index >= 15 is 0 Å². The van der Waals surface area contributed by atoms with Gasteiger partial charge in [0.25, 0.3) is 0 Å². The fraction of sp³-hybridized carbons (Fsp3) is 0.238. The lowest BCUT2D eigenvalue weighted by molar-refractivity contribution is -0.137. The van der Waals surface area contributed by atoms with E-state index in [1.165, 1.54) is 7.11 Å². The molecule has 0 fully saturated rings. The molecule has 2 aromatic rings. The Bertz CT molecular complexity index is 914. The summed E-state index contributed by atoms with van der Waals surface area (Å²) in [6, 6.07) is 13.0. The molecule has 0 spiro atoms. The fourth-order valence-corrected chi connectivity index (χ4v) is 3.16. The van der Waals surface area contributed by atoms with Gasteiger partial charge in [-0.1, -0.05) is 30.3 Å². The molecule has 1 aliphatic heterocycles. The first-order valence-electron chi connectivity index (χ1n) is 8.39. The zero-order chi connectivity index (χ0) is 18.8. The lowest BCUT2D eigenvalue weighted by atomic mass is 10.0. The molecule has 1 amide bonds. The minimum Gasteiger partial charge on any atom is -0.507 e. The third-order valence-electron chi connectivity index (χ3n) is 4.84. The van der Waals surface area contributed by atoms with Gasteiger partial charge in [-0.3, -0.25) is 4.79 Å². The smallest absolute Gasteiger partial charge is 0.338 e. The summed E-state index contributed by atoms with van der Waals surface area (Å²) < 4.78 is 4.74. The Morgan fingerprint density at radius 1 is 1.15 bits per heavy atom. The number of fused-ring (bicyclic) bond motifs is 1. The number of carbonyl (C=O) groups is 2. The van der Waals surface area contributed by atoms with Gasteiger partial charge in [-0.25, -0.2) is 4.79 Å². The summed E-state index contributed by atoms with van der Waals surface area (Å²) in [6.07, 6.45) is -0.210. The van der Waals surface area contributed by atoms with Crippen LogP contribution in [0.25, 0.3) is 5.76 Å². The van der Waals surface area contributed by atoms with Gasteiger partial charge in [0.15, 0.2) is 0 Å². The number of carbonyl (C=O) groups excluding carboxylic acids is 2. The number of amides is 1. The van der Waals surface area contributed by atoms with Crippen LogP contribution in [0.2, 0.25) is 0 Å². The molecule has 26 heavy (non-hydrogen) atoms. The molecule has 0 radical (unpaired) electrons. The summed E-state index contributed by atoms with van der Waals surface area (Å²) in [5.74, 6) is -1.16. The highest BCUT2D eigenvalue weighted by molar-refractivity contribution is 6.09. The quantitative estimate of drug-likeness (QED) is 0.857. The first kappa shape index (κ1) is 17.7. The van der Waals surface area contributed by atoms with Gasteiger partial charge in [-0.2, -0.15) is 0 Å². The molecule has 0 atom stereocenters. The maximum absolute atomic E-state index is 12.9. The van der Waals surface area contributed by atoms with Gasteiger partial charge in [-0.15, -0.1) is 0 Å². The molecule has 2 aromatic carbocycles. The molecule has 0 saturated heterocycles. The van der Waals surface area contributed by atoms with Crippen molar-refractivity contribution < 1.29 is 19.4 Å². The SMILES string of the molecule is COC(=O)C1=C(O)c2ccccc2N(Cc2cccc(C)c2C)C(=O)C1. The predicted octanol–water partition coefficient (Wildman–Crippen LogP) is 3.68. The number of nitrogens with zero attached hydrogens (tertiary/aromatic N) is 1. The van der Waals surface area contributed by atoms with E-state index in [1.54, 1.807) is 29.2 Å². The summed E-state index contributed by atoms with van der Waals surface area (Å²) >= 11 is 0. The zero-order valence-electron chi connectivity index (χ0n) is 15.1. The summed E-state index contributed by atoms with van der Waals surface area (Å²) in [7, 11) is 1.23. The lowest BCUT2D eigenvalue weighted by Gasteiger charge is -2.24. The third kappa shape index (κ3) is 3.08. The Balaban J connectivity index is 2.09. The molecule has 0 saturated carbocycles. The number of methoxy groups -OCH3 is 1. The molecule has 0 aliphatic carbocycles. The van der Waals surface area contributed by atoms with Crippen molar-refractivity contribution in [3.63, 3.8) is 0 Å². The molecule has 134 valence electrons. The maximum atomic E-state index is 12.9. The Morgan fingerprint density at radius 2 is 1.88 bits per heavy atom. The molecule has 1 N–H and O–H groups in total. The number of benzene rings is 2. The second-order valence-corrected chi connectivity index (χ2v) is 6.35. The number of anilines is 1.